The molecular formula is C16H19NO4. The number of rotatable bonds is 3. The van der Waals surface area contributed by atoms with Gasteiger partial charge in [-0.05, 0) is 50.5 Å². The summed E-state index contributed by atoms with van der Waals surface area (Å²) < 4.78 is 5.20. The van der Waals surface area contributed by atoms with Gasteiger partial charge in [0.15, 0.2) is 0 Å². The van der Waals surface area contributed by atoms with Crippen molar-refractivity contribution in [2.45, 2.75) is 26.7 Å². The summed E-state index contributed by atoms with van der Waals surface area (Å²) in [6, 6.07) is 5.60. The lowest BCUT2D eigenvalue weighted by molar-refractivity contribution is -0.133. The minimum atomic E-state index is -1.06. The van der Waals surface area contributed by atoms with Crippen molar-refractivity contribution in [3.8, 4) is 5.75 Å². The number of aryl methyl sites for hydroxylation is 1. The first-order valence-corrected chi connectivity index (χ1v) is 6.85. The van der Waals surface area contributed by atoms with Gasteiger partial charge < -0.3 is 14.7 Å². The van der Waals surface area contributed by atoms with Crippen LogP contribution in [0.2, 0.25) is 0 Å². The van der Waals surface area contributed by atoms with Crippen molar-refractivity contribution in [1.82, 2.24) is 0 Å². The van der Waals surface area contributed by atoms with Crippen LogP contribution in [0.3, 0.4) is 0 Å². The third-order valence-corrected chi connectivity index (χ3v) is 3.85. The van der Waals surface area contributed by atoms with Gasteiger partial charge in [-0.2, -0.15) is 0 Å². The second-order valence-corrected chi connectivity index (χ2v) is 5.11. The maximum atomic E-state index is 12.5. The van der Waals surface area contributed by atoms with E-state index in [1.54, 1.807) is 18.9 Å². The smallest absolute Gasteiger partial charge is 0.331 e. The molecule has 0 atom stereocenters. The van der Waals surface area contributed by atoms with Crippen LogP contribution in [-0.2, 0) is 16.0 Å². The minimum absolute atomic E-state index is 0.0839. The fourth-order valence-corrected chi connectivity index (χ4v) is 2.43. The van der Waals surface area contributed by atoms with E-state index in [-0.39, 0.29) is 17.1 Å². The Kier molecular flexibility index (Phi) is 4.31. The number of nitrogens with zero attached hydrogens (tertiary/aromatic N) is 1. The molecule has 0 fully saturated rings. The normalized spacial score (nSPS) is 15.1. The number of aliphatic carboxylic acids is 1. The van der Waals surface area contributed by atoms with Crippen LogP contribution in [0.4, 0.5) is 5.69 Å². The highest BCUT2D eigenvalue weighted by Crippen LogP contribution is 2.31. The molecule has 112 valence electrons. The third kappa shape index (κ3) is 2.91. The topological polar surface area (TPSA) is 66.8 Å². The molecule has 1 aromatic carbocycles. The molecule has 0 bridgehead atoms. The molecule has 0 unspecified atom stereocenters. The summed E-state index contributed by atoms with van der Waals surface area (Å²) in [5, 5.41) is 9.02. The zero-order valence-electron chi connectivity index (χ0n) is 12.5. The van der Waals surface area contributed by atoms with Gasteiger partial charge in [0.25, 0.3) is 5.91 Å². The Hall–Kier alpha value is -2.30. The summed E-state index contributed by atoms with van der Waals surface area (Å²) in [6.07, 6.45) is 1.74. The van der Waals surface area contributed by atoms with E-state index in [4.69, 9.17) is 9.84 Å². The summed E-state index contributed by atoms with van der Waals surface area (Å²) in [6.45, 7) is 3.61. The van der Waals surface area contributed by atoms with Gasteiger partial charge in [0.2, 0.25) is 0 Å². The van der Waals surface area contributed by atoms with Crippen molar-refractivity contribution in [2.24, 2.45) is 0 Å². The van der Waals surface area contributed by atoms with Crippen LogP contribution in [0.15, 0.2) is 29.3 Å². The van der Waals surface area contributed by atoms with Crippen molar-refractivity contribution >= 4 is 17.6 Å². The molecule has 2 rings (SSSR count). The summed E-state index contributed by atoms with van der Waals surface area (Å²) in [5.41, 5.74) is 2.24. The first-order chi connectivity index (χ1) is 9.95. The van der Waals surface area contributed by atoms with Crippen LogP contribution >= 0.6 is 0 Å². The zero-order valence-corrected chi connectivity index (χ0v) is 12.5. The van der Waals surface area contributed by atoms with E-state index in [0.717, 1.165) is 29.8 Å². The molecule has 1 N–H and O–H groups in total. The van der Waals surface area contributed by atoms with Gasteiger partial charge in [0.1, 0.15) is 5.75 Å². The Bertz CT molecular complexity index is 619. The molecule has 1 aromatic rings. The van der Waals surface area contributed by atoms with Crippen LogP contribution in [0.25, 0.3) is 0 Å². The molecule has 0 aromatic heterocycles. The average Bonchev–Trinajstić information content (AvgIpc) is 2.51. The number of carbonyl (C=O) groups excluding carboxylic acids is 1. The molecular weight excluding hydrogens is 270 g/mol. The van der Waals surface area contributed by atoms with E-state index in [0.29, 0.717) is 6.54 Å². The lowest BCUT2D eigenvalue weighted by atomic mass is 10.00. The van der Waals surface area contributed by atoms with E-state index in [2.05, 4.69) is 0 Å². The van der Waals surface area contributed by atoms with Crippen LogP contribution in [0.5, 0.6) is 5.75 Å². The van der Waals surface area contributed by atoms with Crippen LogP contribution in [0.1, 0.15) is 25.8 Å². The molecule has 1 aliphatic heterocycles. The third-order valence-electron chi connectivity index (χ3n) is 3.85. The van der Waals surface area contributed by atoms with Gasteiger partial charge in [-0.25, -0.2) is 4.79 Å². The lowest BCUT2D eigenvalue weighted by Crippen LogP contribution is -2.36. The molecule has 1 aliphatic rings. The molecule has 0 aliphatic carbocycles. The first kappa shape index (κ1) is 15.1. The predicted molar refractivity (Wildman–Crippen MR) is 79.7 cm³/mol. The number of carbonyl (C=O) groups is 2. The Morgan fingerprint density at radius 3 is 2.57 bits per heavy atom. The monoisotopic (exact) mass is 289 g/mol. The maximum Gasteiger partial charge on any atom is 0.331 e. The first-order valence-electron chi connectivity index (χ1n) is 6.85. The summed E-state index contributed by atoms with van der Waals surface area (Å²) >= 11 is 0. The van der Waals surface area contributed by atoms with E-state index < -0.39 is 5.97 Å². The van der Waals surface area contributed by atoms with Gasteiger partial charge in [-0.15, -0.1) is 0 Å². The largest absolute Gasteiger partial charge is 0.497 e. The van der Waals surface area contributed by atoms with Crippen molar-refractivity contribution in [2.75, 3.05) is 18.6 Å². The Morgan fingerprint density at radius 1 is 1.24 bits per heavy atom. The van der Waals surface area contributed by atoms with E-state index in [1.165, 1.54) is 6.92 Å². The molecule has 0 radical (unpaired) electrons. The quantitative estimate of drug-likeness (QED) is 0.868. The summed E-state index contributed by atoms with van der Waals surface area (Å²) in [5.74, 6) is -0.550. The number of carboxylic acids is 1. The molecule has 0 saturated carbocycles. The Labute approximate surface area is 123 Å². The van der Waals surface area contributed by atoms with E-state index in [1.807, 2.05) is 18.2 Å². The van der Waals surface area contributed by atoms with Crippen molar-refractivity contribution in [1.29, 1.82) is 0 Å². The number of carboxylic acid groups (broad SMARTS) is 1. The number of benzene rings is 1. The number of amides is 1. The highest BCUT2D eigenvalue weighted by atomic mass is 16.5. The molecule has 1 amide bonds. The van der Waals surface area contributed by atoms with Gasteiger partial charge in [0.05, 0.1) is 7.11 Å². The summed E-state index contributed by atoms with van der Waals surface area (Å²) in [7, 11) is 1.61. The number of methoxy groups -OCH3 is 1. The fourth-order valence-electron chi connectivity index (χ4n) is 2.43. The Morgan fingerprint density at radius 2 is 1.95 bits per heavy atom. The predicted octanol–water partition coefficient (Wildman–Crippen LogP) is 2.40. The molecule has 1 heterocycles. The van der Waals surface area contributed by atoms with Gasteiger partial charge in [-0.3, -0.25) is 4.79 Å². The highest BCUT2D eigenvalue weighted by molar-refractivity contribution is 6.09. The molecule has 5 heteroatoms. The van der Waals surface area contributed by atoms with Crippen molar-refractivity contribution in [3.05, 3.63) is 34.9 Å². The lowest BCUT2D eigenvalue weighted by Gasteiger charge is -2.30. The fraction of sp³-hybridized carbons (Fsp3) is 0.375. The van der Waals surface area contributed by atoms with Crippen molar-refractivity contribution in [3.63, 3.8) is 0 Å². The standard InChI is InChI=1S/C16H19NO4/c1-10(11(2)16(19)20)15(18)17-8-4-5-12-9-13(21-3)6-7-14(12)17/h6-7,9H,4-5,8H2,1-3H3,(H,19,20). The van der Waals surface area contributed by atoms with Crippen LogP contribution in [-0.4, -0.2) is 30.6 Å². The van der Waals surface area contributed by atoms with Gasteiger partial charge in [0, 0.05) is 23.4 Å². The second kappa shape index (κ2) is 5.99. The minimum Gasteiger partial charge on any atom is -0.497 e. The van der Waals surface area contributed by atoms with Gasteiger partial charge in [-0.1, -0.05) is 0 Å². The number of hydrogen-bond donors (Lipinski definition) is 1. The number of ether oxygens (including phenoxy) is 1. The molecule has 5 nitrogen and oxygen atoms in total. The maximum absolute atomic E-state index is 12.5. The Balaban J connectivity index is 2.38. The molecule has 21 heavy (non-hydrogen) atoms. The van der Waals surface area contributed by atoms with E-state index in [9.17, 15) is 9.59 Å². The summed E-state index contributed by atoms with van der Waals surface area (Å²) in [4.78, 5) is 25.2. The number of anilines is 1. The highest BCUT2D eigenvalue weighted by Gasteiger charge is 2.25. The van der Waals surface area contributed by atoms with Crippen LogP contribution < -0.4 is 9.64 Å². The molecule has 0 spiro atoms. The van der Waals surface area contributed by atoms with Crippen LogP contribution in [0, 0.1) is 0 Å². The SMILES string of the molecule is COc1ccc2c(c1)CCCN2C(=O)C(C)=C(C)C(=O)O. The second-order valence-electron chi connectivity index (χ2n) is 5.11. The van der Waals surface area contributed by atoms with Gasteiger partial charge >= 0.3 is 5.97 Å². The zero-order chi connectivity index (χ0) is 15.6. The van der Waals surface area contributed by atoms with E-state index >= 15 is 0 Å². The van der Waals surface area contributed by atoms with Crippen molar-refractivity contribution < 1.29 is 19.4 Å². The number of hydrogen-bond acceptors (Lipinski definition) is 3. The average molecular weight is 289 g/mol. The molecule has 0 saturated heterocycles. The number of fused-ring (bicyclic) bond motifs is 1.